The van der Waals surface area contributed by atoms with Crippen LogP contribution in [0, 0.1) is 13.8 Å². The molecule has 3 aromatic carbocycles. The molecule has 5 rings (SSSR count). The van der Waals surface area contributed by atoms with Crippen molar-refractivity contribution in [3.63, 3.8) is 0 Å². The van der Waals surface area contributed by atoms with Crippen LogP contribution in [0.5, 0.6) is 5.75 Å². The predicted molar refractivity (Wildman–Crippen MR) is 177 cm³/mol. The Labute approximate surface area is 275 Å². The zero-order valence-electron chi connectivity index (χ0n) is 26.7. The molecule has 0 aliphatic heterocycles. The molecule has 246 valence electrons. The highest BCUT2D eigenvalue weighted by molar-refractivity contribution is 7.07. The Hall–Kier alpha value is -4.71. The molecule has 1 unspecified atom stereocenters. The van der Waals surface area contributed by atoms with Crippen molar-refractivity contribution in [2.24, 2.45) is 4.99 Å². The number of amides is 2. The van der Waals surface area contributed by atoms with E-state index in [9.17, 15) is 18.0 Å². The van der Waals surface area contributed by atoms with Gasteiger partial charge in [-0.3, -0.25) is 4.57 Å². The third-order valence-electron chi connectivity index (χ3n) is 7.73. The summed E-state index contributed by atoms with van der Waals surface area (Å²) in [5, 5.41) is 9.44. The van der Waals surface area contributed by atoms with Crippen molar-refractivity contribution in [1.82, 2.24) is 24.6 Å². The molecule has 2 amide bonds. The number of ether oxygens (including phenoxy) is 1. The summed E-state index contributed by atoms with van der Waals surface area (Å²) in [5.41, 5.74) is 7.05. The summed E-state index contributed by atoms with van der Waals surface area (Å²) >= 11 is 1.46. The van der Waals surface area contributed by atoms with Gasteiger partial charge in [0.25, 0.3) is 0 Å². The minimum atomic E-state index is -4.74. The number of hydrogen-bond donors (Lipinski definition) is 1. The van der Waals surface area contributed by atoms with E-state index in [2.05, 4.69) is 68.7 Å². The van der Waals surface area contributed by atoms with Gasteiger partial charge < -0.3 is 10.1 Å². The van der Waals surface area contributed by atoms with Gasteiger partial charge in [-0.15, -0.1) is 29.6 Å². The quantitative estimate of drug-likeness (QED) is 0.144. The number of nitrogens with one attached hydrogen (secondary N) is 1. The molecule has 0 radical (unpaired) electrons. The predicted octanol–water partition coefficient (Wildman–Crippen LogP) is 8.45. The van der Waals surface area contributed by atoms with Crippen LogP contribution in [0.25, 0.3) is 22.8 Å². The molecule has 0 saturated carbocycles. The average molecular weight is 663 g/mol. The Morgan fingerprint density at radius 2 is 1.81 bits per heavy atom. The van der Waals surface area contributed by atoms with Crippen molar-refractivity contribution in [2.75, 3.05) is 6.54 Å². The van der Waals surface area contributed by atoms with Crippen molar-refractivity contribution in [3.8, 4) is 28.5 Å². The minimum absolute atomic E-state index is 0.265. The topological polar surface area (TPSA) is 86.3 Å². The first-order chi connectivity index (χ1) is 22.5. The lowest BCUT2D eigenvalue weighted by Crippen LogP contribution is -2.25. The molecule has 0 fully saturated rings. The number of halogens is 3. The summed E-state index contributed by atoms with van der Waals surface area (Å²) in [6.07, 6.45) is 0.430. The number of aromatic nitrogens is 4. The molecule has 5 aromatic rings. The first kappa shape index (κ1) is 33.6. The van der Waals surface area contributed by atoms with Crippen LogP contribution >= 0.6 is 11.3 Å². The smallest absolute Gasteiger partial charge is 0.406 e. The van der Waals surface area contributed by atoms with Gasteiger partial charge >= 0.3 is 12.4 Å². The molecule has 0 aliphatic carbocycles. The van der Waals surface area contributed by atoms with Gasteiger partial charge in [0.05, 0.1) is 11.4 Å². The van der Waals surface area contributed by atoms with Gasteiger partial charge in [0, 0.05) is 23.2 Å². The summed E-state index contributed by atoms with van der Waals surface area (Å²) in [4.78, 5) is 22.2. The van der Waals surface area contributed by atoms with Crippen molar-refractivity contribution in [2.45, 2.75) is 65.7 Å². The van der Waals surface area contributed by atoms with E-state index in [0.29, 0.717) is 22.9 Å². The summed E-state index contributed by atoms with van der Waals surface area (Å²) in [5.74, 6) is 0.461. The number of rotatable bonds is 11. The molecule has 0 saturated heterocycles. The number of urea groups is 1. The second kappa shape index (κ2) is 14.8. The average Bonchev–Trinajstić information content (AvgIpc) is 3.67. The fraction of sp³-hybridized carbons (Fsp3) is 0.314. The zero-order chi connectivity index (χ0) is 33.6. The van der Waals surface area contributed by atoms with Crippen LogP contribution in [0.3, 0.4) is 0 Å². The molecule has 2 heterocycles. The number of alkyl halides is 3. The Bertz CT molecular complexity index is 1880. The van der Waals surface area contributed by atoms with E-state index in [4.69, 9.17) is 0 Å². The summed E-state index contributed by atoms with van der Waals surface area (Å²) in [6.45, 7) is 8.93. The van der Waals surface area contributed by atoms with Gasteiger partial charge in [0.2, 0.25) is 0 Å². The molecule has 0 aliphatic rings. The first-order valence-corrected chi connectivity index (χ1v) is 16.4. The molecule has 12 heteroatoms. The normalized spacial score (nSPS) is 12.7. The van der Waals surface area contributed by atoms with E-state index >= 15 is 0 Å². The number of carbonyl (C=O) groups is 1. The summed E-state index contributed by atoms with van der Waals surface area (Å²) in [7, 11) is 0. The van der Waals surface area contributed by atoms with E-state index in [1.165, 1.54) is 52.2 Å². The lowest BCUT2D eigenvalue weighted by Gasteiger charge is -2.13. The Morgan fingerprint density at radius 1 is 1.06 bits per heavy atom. The number of hydrogen-bond acceptors (Lipinski definition) is 5. The molecule has 0 spiro atoms. The van der Waals surface area contributed by atoms with E-state index in [1.807, 2.05) is 36.6 Å². The van der Waals surface area contributed by atoms with Gasteiger partial charge in [-0.2, -0.15) is 4.99 Å². The standard InChI is InChI=1S/C35H37F3N6O2S/c1-5-7-27-10-9-23(2)20-31(27)44-25(4)21-47-34(44)41-33(45)39-19-6-8-24(3)26-11-13-28(14-12-26)32-40-22-43(42-32)29-15-17-30(18-16-29)46-35(36,37)38/h9-18,20-22,24H,5-8,19H2,1-4H3,(H,39,45)/b41-34-. The van der Waals surface area contributed by atoms with Crippen molar-refractivity contribution < 1.29 is 22.7 Å². The molecular formula is C35H37F3N6O2S. The lowest BCUT2D eigenvalue weighted by atomic mass is 9.95. The highest BCUT2D eigenvalue weighted by Gasteiger charge is 2.31. The number of nitrogens with zero attached hydrogens (tertiary/aromatic N) is 5. The van der Waals surface area contributed by atoms with Crippen LogP contribution in [-0.4, -0.2) is 38.3 Å². The molecular weight excluding hydrogens is 625 g/mol. The Balaban J connectivity index is 1.14. The minimum Gasteiger partial charge on any atom is -0.406 e. The summed E-state index contributed by atoms with van der Waals surface area (Å²) < 4.78 is 44.8. The van der Waals surface area contributed by atoms with E-state index < -0.39 is 6.36 Å². The van der Waals surface area contributed by atoms with Crippen molar-refractivity contribution in [1.29, 1.82) is 0 Å². The molecule has 1 N–H and O–H groups in total. The second-order valence-corrected chi connectivity index (χ2v) is 12.3. The number of thiazole rings is 1. The van der Waals surface area contributed by atoms with E-state index in [-0.39, 0.29) is 17.7 Å². The SMILES string of the molecule is CCCc1ccc(C)cc1-n1c(C)cs/c1=N\C(=O)NCCCC(C)c1ccc(-c2ncn(-c3ccc(OC(F)(F)F)cc3)n2)cc1. The highest BCUT2D eigenvalue weighted by atomic mass is 32.1. The molecule has 0 bridgehead atoms. The second-order valence-electron chi connectivity index (χ2n) is 11.4. The Morgan fingerprint density at radius 3 is 2.51 bits per heavy atom. The fourth-order valence-corrected chi connectivity index (χ4v) is 6.17. The molecule has 47 heavy (non-hydrogen) atoms. The van der Waals surface area contributed by atoms with Gasteiger partial charge in [-0.05, 0) is 86.1 Å². The van der Waals surface area contributed by atoms with Gasteiger partial charge in [-0.1, -0.05) is 56.7 Å². The third-order valence-corrected chi connectivity index (χ3v) is 8.68. The number of carbonyl (C=O) groups excluding carboxylic acids is 1. The van der Waals surface area contributed by atoms with Crippen LogP contribution in [0.4, 0.5) is 18.0 Å². The third kappa shape index (κ3) is 8.76. The molecule has 8 nitrogen and oxygen atoms in total. The number of aryl methyl sites for hydroxylation is 3. The van der Waals surface area contributed by atoms with E-state index in [1.54, 1.807) is 0 Å². The Kier molecular flexibility index (Phi) is 10.6. The van der Waals surface area contributed by atoms with Gasteiger partial charge in [-0.25, -0.2) is 14.5 Å². The van der Waals surface area contributed by atoms with Gasteiger partial charge in [0.15, 0.2) is 10.6 Å². The molecule has 1 atom stereocenters. The fourth-order valence-electron chi connectivity index (χ4n) is 5.30. The van der Waals surface area contributed by atoms with Crippen LogP contribution in [-0.2, 0) is 6.42 Å². The van der Waals surface area contributed by atoms with Crippen LogP contribution in [0.15, 0.2) is 83.4 Å². The van der Waals surface area contributed by atoms with Crippen LogP contribution in [0.1, 0.15) is 61.4 Å². The van der Waals surface area contributed by atoms with Crippen molar-refractivity contribution in [3.05, 3.63) is 106 Å². The largest absolute Gasteiger partial charge is 0.573 e. The highest BCUT2D eigenvalue weighted by Crippen LogP contribution is 2.26. The van der Waals surface area contributed by atoms with Gasteiger partial charge in [0.1, 0.15) is 12.1 Å². The maximum absolute atomic E-state index is 12.8. The van der Waals surface area contributed by atoms with E-state index in [0.717, 1.165) is 53.8 Å². The maximum atomic E-state index is 12.8. The van der Waals surface area contributed by atoms with Crippen molar-refractivity contribution >= 4 is 17.4 Å². The van der Waals surface area contributed by atoms with Crippen LogP contribution in [0.2, 0.25) is 0 Å². The van der Waals surface area contributed by atoms with Crippen LogP contribution < -0.4 is 14.9 Å². The molecule has 2 aromatic heterocycles. The maximum Gasteiger partial charge on any atom is 0.573 e. The monoisotopic (exact) mass is 662 g/mol. The first-order valence-electron chi connectivity index (χ1n) is 15.5. The lowest BCUT2D eigenvalue weighted by molar-refractivity contribution is -0.274. The summed E-state index contributed by atoms with van der Waals surface area (Å²) in [6, 6.07) is 19.5. The number of benzene rings is 3. The zero-order valence-corrected chi connectivity index (χ0v) is 27.5.